The Kier molecular flexibility index (Phi) is 25.0. The molecule has 19 nitrogen and oxygen atoms in total. The molecule has 0 radical (unpaired) electrons. The number of aliphatic hydroxyl groups is 2. The number of nitrogens with zero attached hydrogens (tertiary/aromatic N) is 11. The minimum absolute atomic E-state index is 0. The van der Waals surface area contributed by atoms with Gasteiger partial charge in [0, 0.05) is 144 Å². The van der Waals surface area contributed by atoms with Crippen LogP contribution in [-0.4, -0.2) is 132 Å². The molecule has 0 amide bonds. The van der Waals surface area contributed by atoms with Crippen molar-refractivity contribution in [3.63, 3.8) is 0 Å². The molecule has 2 saturated heterocycles. The molecular formula is C56H69Cl5N12O7. The fraction of sp³-hybridized carbons (Fsp3) is 0.357. The van der Waals surface area contributed by atoms with Gasteiger partial charge < -0.3 is 39.0 Å². The van der Waals surface area contributed by atoms with Crippen molar-refractivity contribution >= 4 is 132 Å². The second-order valence-electron chi connectivity index (χ2n) is 18.3. The molecular weight excluding hydrogens is 1130 g/mol. The third kappa shape index (κ3) is 15.5. The summed E-state index contributed by atoms with van der Waals surface area (Å²) in [6.45, 7) is 11.0. The van der Waals surface area contributed by atoms with E-state index in [0.717, 1.165) is 152 Å². The molecule has 0 saturated carbocycles. The molecule has 3 N–H and O–H groups in total. The van der Waals surface area contributed by atoms with Gasteiger partial charge in [0.1, 0.15) is 6.29 Å². The standard InChI is InChI=1S/C22H24ClN5O2.C12H15N3O2.C10H11ClN2O.C10H9ClN2O.CH4O.CH4.2ClH/c1-25-18-4-2-5-19(21(18)30-22(25)29)27-12-10-26(11-13-27)8-3-9-28-20-14-17(23)7-6-16(20)15-24-28;1-14-9-3-2-4-10(11(9)17-12(14)16)15-7-5-13-6-8-15;2*11-9-3-2-8-7-12-13(4-1-5-14)10(8)6-9;1-2;;;/h2,4-7,14-15H,3,8-13H2,1H3;2-4,13H,5-8H2,1H3;2-3,6-7,14H,1,4-5H2;2-3,5-7H,1,4H2;2H,1H3;1H4;2*1H. The lowest BCUT2D eigenvalue weighted by atomic mass is 10.2. The van der Waals surface area contributed by atoms with Crippen molar-refractivity contribution in [2.75, 3.05) is 82.4 Å². The highest BCUT2D eigenvalue weighted by molar-refractivity contribution is 6.32. The van der Waals surface area contributed by atoms with Crippen LogP contribution < -0.4 is 26.6 Å². The predicted octanol–water partition coefficient (Wildman–Crippen LogP) is 9.33. The minimum Gasteiger partial charge on any atom is -0.405 e. The zero-order valence-electron chi connectivity index (χ0n) is 44.1. The molecule has 0 bridgehead atoms. The van der Waals surface area contributed by atoms with Crippen molar-refractivity contribution in [3.8, 4) is 0 Å². The highest BCUT2D eigenvalue weighted by Crippen LogP contribution is 2.29. The van der Waals surface area contributed by atoms with E-state index >= 15 is 0 Å². The Morgan fingerprint density at radius 1 is 0.562 bits per heavy atom. The van der Waals surface area contributed by atoms with Crippen LogP contribution in [0.4, 0.5) is 11.4 Å². The SMILES string of the molecule is C.CO.Cl.Cl.Cn1c(=O)oc2c(N3CCN(CCCn4ncc5ccc(Cl)cc54)CC3)cccc21.Cn1c(=O)oc2c(N3CCNCC3)cccc21.O=CCCn1ncc2ccc(Cl)cc21.OCCCn1ncc2ccc(Cl)cc21. The van der Waals surface area contributed by atoms with Crippen molar-refractivity contribution in [3.05, 3.63) is 146 Å². The molecule has 80 heavy (non-hydrogen) atoms. The summed E-state index contributed by atoms with van der Waals surface area (Å²) in [5, 5.41) is 37.3. The molecule has 5 aromatic heterocycles. The first-order valence-corrected chi connectivity index (χ1v) is 26.6. The number of nitrogens with one attached hydrogen (secondary N) is 1. The second kappa shape index (κ2) is 31.0. The van der Waals surface area contributed by atoms with E-state index in [9.17, 15) is 14.4 Å². The van der Waals surface area contributed by atoms with Crippen molar-refractivity contribution < 1.29 is 23.8 Å². The van der Waals surface area contributed by atoms with E-state index in [1.165, 1.54) is 0 Å². The normalized spacial score (nSPS) is 13.2. The van der Waals surface area contributed by atoms with E-state index < -0.39 is 0 Å². The van der Waals surface area contributed by atoms with Gasteiger partial charge in [0.2, 0.25) is 0 Å². The van der Waals surface area contributed by atoms with Gasteiger partial charge in [-0.25, -0.2) is 9.59 Å². The number of hydrogen-bond acceptors (Lipinski definition) is 14. The Labute approximate surface area is 490 Å². The summed E-state index contributed by atoms with van der Waals surface area (Å²) < 4.78 is 19.6. The molecule has 0 unspecified atom stereocenters. The van der Waals surface area contributed by atoms with E-state index in [4.69, 9.17) is 53.9 Å². The summed E-state index contributed by atoms with van der Waals surface area (Å²) >= 11 is 17.9. The second-order valence-corrected chi connectivity index (χ2v) is 19.6. The number of rotatable bonds is 12. The zero-order valence-corrected chi connectivity index (χ0v) is 48.0. The van der Waals surface area contributed by atoms with E-state index in [1.807, 2.05) is 113 Å². The van der Waals surface area contributed by atoms with Crippen molar-refractivity contribution in [1.29, 1.82) is 0 Å². The van der Waals surface area contributed by atoms with E-state index in [1.54, 1.807) is 34.1 Å². The number of carbonyl (C=O) groups is 1. The maximum Gasteiger partial charge on any atom is 0.419 e. The summed E-state index contributed by atoms with van der Waals surface area (Å²) in [7, 11) is 4.47. The Morgan fingerprint density at radius 2 is 0.975 bits per heavy atom. The monoisotopic (exact) mass is 1200 g/mol. The third-order valence-electron chi connectivity index (χ3n) is 13.4. The zero-order chi connectivity index (χ0) is 54.4. The number of aldehydes is 1. The number of aliphatic hydroxyl groups excluding tert-OH is 2. The fourth-order valence-electron chi connectivity index (χ4n) is 9.39. The molecule has 10 aromatic rings. The van der Waals surface area contributed by atoms with Crippen molar-refractivity contribution in [2.24, 2.45) is 14.1 Å². The van der Waals surface area contributed by atoms with Crippen LogP contribution in [0.25, 0.3) is 54.9 Å². The summed E-state index contributed by atoms with van der Waals surface area (Å²) in [6, 6.07) is 29.0. The number of halogens is 5. The van der Waals surface area contributed by atoms with Crippen LogP contribution in [0, 0.1) is 0 Å². The number of fused-ring (bicyclic) bond motifs is 5. The smallest absolute Gasteiger partial charge is 0.405 e. The minimum atomic E-state index is -0.316. The molecule has 430 valence electrons. The Balaban J connectivity index is 0.000000203. The van der Waals surface area contributed by atoms with Gasteiger partial charge in [-0.2, -0.15) is 15.3 Å². The van der Waals surface area contributed by atoms with Gasteiger partial charge in [-0.15, -0.1) is 24.8 Å². The number of oxazole rings is 2. The molecule has 5 aromatic carbocycles. The number of para-hydroxylation sites is 2. The highest BCUT2D eigenvalue weighted by atomic mass is 35.5. The molecule has 2 aliphatic rings. The van der Waals surface area contributed by atoms with Crippen LogP contribution in [0.1, 0.15) is 26.7 Å². The first kappa shape index (κ1) is 64.4. The number of carbonyl (C=O) groups excluding carboxylic acids is 1. The van der Waals surface area contributed by atoms with Gasteiger partial charge >= 0.3 is 11.5 Å². The van der Waals surface area contributed by atoms with Gasteiger partial charge in [0.25, 0.3) is 0 Å². The van der Waals surface area contributed by atoms with Crippen LogP contribution in [0.2, 0.25) is 15.1 Å². The molecule has 2 aliphatic heterocycles. The van der Waals surface area contributed by atoms with Crippen LogP contribution in [0.15, 0.2) is 128 Å². The lowest BCUT2D eigenvalue weighted by Crippen LogP contribution is -2.46. The van der Waals surface area contributed by atoms with Gasteiger partial charge in [0.15, 0.2) is 11.2 Å². The van der Waals surface area contributed by atoms with E-state index in [-0.39, 0.29) is 50.4 Å². The van der Waals surface area contributed by atoms with Crippen molar-refractivity contribution in [1.82, 2.24) is 48.7 Å². The maximum atomic E-state index is 11.9. The predicted molar refractivity (Wildman–Crippen MR) is 327 cm³/mol. The number of benzene rings is 5. The van der Waals surface area contributed by atoms with Crippen LogP contribution >= 0.6 is 59.6 Å². The third-order valence-corrected chi connectivity index (χ3v) is 14.1. The molecule has 12 rings (SSSR count). The highest BCUT2D eigenvalue weighted by Gasteiger charge is 2.22. The van der Waals surface area contributed by atoms with Gasteiger partial charge in [-0.1, -0.05) is 54.4 Å². The van der Waals surface area contributed by atoms with Gasteiger partial charge in [-0.05, 0) is 91.7 Å². The molecule has 7 heterocycles. The van der Waals surface area contributed by atoms with Crippen molar-refractivity contribution in [2.45, 2.75) is 46.3 Å². The summed E-state index contributed by atoms with van der Waals surface area (Å²) in [5.74, 6) is -0.619. The van der Waals surface area contributed by atoms with E-state index in [0.29, 0.717) is 40.6 Å². The first-order chi connectivity index (χ1) is 37.5. The first-order valence-electron chi connectivity index (χ1n) is 25.4. The molecule has 24 heteroatoms. The lowest BCUT2D eigenvalue weighted by molar-refractivity contribution is -0.108. The average molecular weight is 1200 g/mol. The Hall–Kier alpha value is -6.39. The summed E-state index contributed by atoms with van der Waals surface area (Å²) in [5.41, 5.74) is 8.17. The maximum absolute atomic E-state index is 11.9. The van der Waals surface area contributed by atoms with Gasteiger partial charge in [-0.3, -0.25) is 28.1 Å². The van der Waals surface area contributed by atoms with E-state index in [2.05, 4.69) is 35.3 Å². The quantitative estimate of drug-likeness (QED) is 0.0977. The average Bonchev–Trinajstić information content (AvgIpc) is 4.35. The number of hydrogen-bond donors (Lipinski definition) is 3. The van der Waals surface area contributed by atoms with Crippen LogP contribution in [-0.2, 0) is 38.5 Å². The molecule has 0 atom stereocenters. The Bertz CT molecular complexity index is 3670. The molecule has 0 aliphatic carbocycles. The van der Waals surface area contributed by atoms with Crippen LogP contribution in [0.5, 0.6) is 0 Å². The number of aryl methyl sites for hydroxylation is 5. The summed E-state index contributed by atoms with van der Waals surface area (Å²) in [6.07, 6.45) is 8.59. The topological polar surface area (TPSA) is 203 Å². The van der Waals surface area contributed by atoms with Gasteiger partial charge in [0.05, 0.1) is 57.5 Å². The number of anilines is 2. The fourth-order valence-corrected chi connectivity index (χ4v) is 9.89. The largest absolute Gasteiger partial charge is 0.419 e. The summed E-state index contributed by atoms with van der Waals surface area (Å²) in [4.78, 5) is 40.7. The number of piperazine rings is 2. The number of aromatic nitrogens is 8. The molecule has 0 spiro atoms. The Morgan fingerprint density at radius 3 is 1.40 bits per heavy atom. The molecule has 2 fully saturated rings. The van der Waals surface area contributed by atoms with Crippen LogP contribution in [0.3, 0.4) is 0 Å². The lowest BCUT2D eigenvalue weighted by Gasteiger charge is -2.36.